The zero-order valence-electron chi connectivity index (χ0n) is 5.30. The van der Waals surface area contributed by atoms with Gasteiger partial charge in [-0.2, -0.15) is 0 Å². The predicted molar refractivity (Wildman–Crippen MR) is 32.6 cm³/mol. The van der Waals surface area contributed by atoms with E-state index in [1.807, 2.05) is 0 Å². The van der Waals surface area contributed by atoms with Crippen LogP contribution in [0.4, 0.5) is 8.78 Å². The van der Waals surface area contributed by atoms with Crippen LogP contribution < -0.4 is 5.73 Å². The second-order valence-corrected chi connectivity index (χ2v) is 1.78. The van der Waals surface area contributed by atoms with Crippen molar-refractivity contribution in [2.24, 2.45) is 10.8 Å². The van der Waals surface area contributed by atoms with Gasteiger partial charge in [0.15, 0.2) is 0 Å². The molecule has 0 spiro atoms. The molecule has 0 fully saturated rings. The lowest BCUT2D eigenvalue weighted by Crippen LogP contribution is -2.23. The molecular formula is C4H8F2N4. The van der Waals surface area contributed by atoms with E-state index in [-0.39, 0.29) is 6.54 Å². The number of nitrogens with two attached hydrogens (primary N) is 1. The minimum atomic E-state index is -2.94. The van der Waals surface area contributed by atoms with Crippen molar-refractivity contribution in [2.45, 2.75) is 12.3 Å². The Bertz CT molecular complexity index is 140. The summed E-state index contributed by atoms with van der Waals surface area (Å²) < 4.78 is 24.5. The van der Waals surface area contributed by atoms with E-state index in [4.69, 9.17) is 11.3 Å². The largest absolute Gasteiger partial charge is 0.330 e. The molecule has 0 aliphatic rings. The molecule has 0 aliphatic carbocycles. The van der Waals surface area contributed by atoms with E-state index in [2.05, 4.69) is 10.0 Å². The van der Waals surface area contributed by atoms with Gasteiger partial charge in [-0.15, -0.1) is 0 Å². The summed E-state index contributed by atoms with van der Waals surface area (Å²) in [5, 5.41) is 2.74. The molecule has 10 heavy (non-hydrogen) atoms. The van der Waals surface area contributed by atoms with Crippen molar-refractivity contribution in [3.05, 3.63) is 10.4 Å². The van der Waals surface area contributed by atoms with Crippen LogP contribution >= 0.6 is 0 Å². The molecule has 0 amide bonds. The standard InChI is InChI=1S/C4H8F2N4/c5-4(6,1-2-7)3-9-10-8/h1-3,7H2. The SMILES string of the molecule is [N-]=[N+]=NCC(F)(F)CCN. The minimum absolute atomic E-state index is 0.103. The zero-order chi connectivity index (χ0) is 8.04. The van der Waals surface area contributed by atoms with Crippen molar-refractivity contribution in [1.82, 2.24) is 0 Å². The lowest BCUT2D eigenvalue weighted by atomic mass is 10.2. The highest BCUT2D eigenvalue weighted by molar-refractivity contribution is 4.69. The maximum atomic E-state index is 12.3. The van der Waals surface area contributed by atoms with Crippen molar-refractivity contribution < 1.29 is 8.78 Å². The molecule has 4 nitrogen and oxygen atoms in total. The van der Waals surface area contributed by atoms with Gasteiger partial charge in [0.2, 0.25) is 0 Å². The smallest absolute Gasteiger partial charge is 0.255 e. The van der Waals surface area contributed by atoms with Gasteiger partial charge < -0.3 is 5.73 Å². The van der Waals surface area contributed by atoms with E-state index in [9.17, 15) is 8.78 Å². The fraction of sp³-hybridized carbons (Fsp3) is 1.00. The van der Waals surface area contributed by atoms with Gasteiger partial charge in [-0.05, 0) is 12.1 Å². The Hall–Kier alpha value is -0.870. The third kappa shape index (κ3) is 4.05. The summed E-state index contributed by atoms with van der Waals surface area (Å²) in [6.45, 7) is -0.908. The van der Waals surface area contributed by atoms with Crippen LogP contribution in [0.15, 0.2) is 5.11 Å². The quantitative estimate of drug-likeness (QED) is 0.366. The molecule has 0 saturated carbocycles. The van der Waals surface area contributed by atoms with Crippen LogP contribution in [0.25, 0.3) is 10.4 Å². The first kappa shape index (κ1) is 9.13. The summed E-state index contributed by atoms with van der Waals surface area (Å²) in [4.78, 5) is 2.21. The molecule has 0 atom stereocenters. The number of azide groups is 1. The zero-order valence-corrected chi connectivity index (χ0v) is 5.30. The Kier molecular flexibility index (Phi) is 3.68. The molecule has 0 aromatic heterocycles. The molecule has 0 bridgehead atoms. The highest BCUT2D eigenvalue weighted by Crippen LogP contribution is 2.17. The molecule has 0 aliphatic heterocycles. The maximum absolute atomic E-state index is 12.3. The summed E-state index contributed by atoms with van der Waals surface area (Å²) in [5.74, 6) is -2.94. The van der Waals surface area contributed by atoms with Crippen LogP contribution in [0.1, 0.15) is 6.42 Å². The van der Waals surface area contributed by atoms with Crippen molar-refractivity contribution in [1.29, 1.82) is 0 Å². The Morgan fingerprint density at radius 3 is 2.60 bits per heavy atom. The molecule has 0 unspecified atom stereocenters. The summed E-state index contributed by atoms with van der Waals surface area (Å²) >= 11 is 0. The number of hydrogen-bond donors (Lipinski definition) is 1. The van der Waals surface area contributed by atoms with Crippen LogP contribution in [-0.4, -0.2) is 19.0 Å². The van der Waals surface area contributed by atoms with Crippen LogP contribution in [-0.2, 0) is 0 Å². The third-order valence-electron chi connectivity index (χ3n) is 0.875. The predicted octanol–water partition coefficient (Wildman–Crippen LogP) is 1.28. The number of nitrogens with zero attached hydrogens (tertiary/aromatic N) is 3. The van der Waals surface area contributed by atoms with Crippen LogP contribution in [0.2, 0.25) is 0 Å². The van der Waals surface area contributed by atoms with Gasteiger partial charge in [-0.25, -0.2) is 8.78 Å². The summed E-state index contributed by atoms with van der Waals surface area (Å²) in [5.41, 5.74) is 12.6. The topological polar surface area (TPSA) is 74.8 Å². The number of halogens is 2. The van der Waals surface area contributed by atoms with Gasteiger partial charge >= 0.3 is 0 Å². The molecule has 0 aromatic carbocycles. The monoisotopic (exact) mass is 150 g/mol. The Balaban J connectivity index is 3.73. The lowest BCUT2D eigenvalue weighted by Gasteiger charge is -2.10. The van der Waals surface area contributed by atoms with Crippen LogP contribution in [0, 0.1) is 0 Å². The summed E-state index contributed by atoms with van der Waals surface area (Å²) in [6, 6.07) is 0. The molecule has 0 aromatic rings. The second-order valence-electron chi connectivity index (χ2n) is 1.78. The van der Waals surface area contributed by atoms with E-state index < -0.39 is 18.9 Å². The summed E-state index contributed by atoms with van der Waals surface area (Å²) in [7, 11) is 0. The molecule has 6 heteroatoms. The fourth-order valence-corrected chi connectivity index (χ4v) is 0.425. The average Bonchev–Trinajstić information content (AvgIpc) is 1.84. The number of alkyl halides is 2. The average molecular weight is 150 g/mol. The normalized spacial score (nSPS) is 10.7. The van der Waals surface area contributed by atoms with E-state index in [1.54, 1.807) is 0 Å². The van der Waals surface area contributed by atoms with Gasteiger partial charge in [-0.1, -0.05) is 5.11 Å². The Morgan fingerprint density at radius 1 is 1.60 bits per heavy atom. The number of hydrogen-bond acceptors (Lipinski definition) is 2. The third-order valence-corrected chi connectivity index (χ3v) is 0.875. The van der Waals surface area contributed by atoms with Crippen LogP contribution in [0.3, 0.4) is 0 Å². The van der Waals surface area contributed by atoms with Gasteiger partial charge in [0.25, 0.3) is 5.92 Å². The van der Waals surface area contributed by atoms with Crippen molar-refractivity contribution in [3.63, 3.8) is 0 Å². The molecular weight excluding hydrogens is 142 g/mol. The minimum Gasteiger partial charge on any atom is -0.330 e. The van der Waals surface area contributed by atoms with Crippen molar-refractivity contribution in [2.75, 3.05) is 13.1 Å². The van der Waals surface area contributed by atoms with Gasteiger partial charge in [-0.3, -0.25) is 0 Å². The first-order valence-corrected chi connectivity index (χ1v) is 2.71. The lowest BCUT2D eigenvalue weighted by molar-refractivity contribution is 0.00489. The highest BCUT2D eigenvalue weighted by Gasteiger charge is 2.26. The first-order chi connectivity index (χ1) is 4.62. The Morgan fingerprint density at radius 2 is 2.20 bits per heavy atom. The van der Waals surface area contributed by atoms with Gasteiger partial charge in [0.1, 0.15) is 0 Å². The van der Waals surface area contributed by atoms with Crippen LogP contribution in [0.5, 0.6) is 0 Å². The fourth-order valence-electron chi connectivity index (χ4n) is 0.425. The molecule has 58 valence electrons. The molecule has 0 rings (SSSR count). The molecule has 0 radical (unpaired) electrons. The molecule has 0 saturated heterocycles. The van der Waals surface area contributed by atoms with Crippen molar-refractivity contribution in [3.8, 4) is 0 Å². The molecule has 0 heterocycles. The van der Waals surface area contributed by atoms with Gasteiger partial charge in [0, 0.05) is 11.3 Å². The molecule has 2 N–H and O–H groups in total. The maximum Gasteiger partial charge on any atom is 0.255 e. The first-order valence-electron chi connectivity index (χ1n) is 2.71. The van der Waals surface area contributed by atoms with Crippen molar-refractivity contribution >= 4 is 0 Å². The van der Waals surface area contributed by atoms with E-state index >= 15 is 0 Å². The second kappa shape index (κ2) is 4.03. The van der Waals surface area contributed by atoms with E-state index in [1.165, 1.54) is 0 Å². The Labute approximate surface area is 56.6 Å². The van der Waals surface area contributed by atoms with E-state index in [0.717, 1.165) is 0 Å². The highest BCUT2D eigenvalue weighted by atomic mass is 19.3. The summed E-state index contributed by atoms with van der Waals surface area (Å²) in [6.07, 6.45) is -0.438. The van der Waals surface area contributed by atoms with Gasteiger partial charge in [0.05, 0.1) is 6.54 Å². The number of rotatable bonds is 4. The van der Waals surface area contributed by atoms with E-state index in [0.29, 0.717) is 0 Å².